The zero-order valence-corrected chi connectivity index (χ0v) is 12.9. The average molecular weight is 370 g/mol. The Kier molecular flexibility index (Phi) is 4.82. The molecule has 3 N–H and O–H groups in total. The molecule has 2 amide bonds. The van der Waals surface area contributed by atoms with Crippen LogP contribution < -0.4 is 10.6 Å². The zero-order chi connectivity index (χ0) is 15.4. The molecule has 21 heavy (non-hydrogen) atoms. The number of hydrogen-bond acceptors (Lipinski definition) is 2. The van der Waals surface area contributed by atoms with Crippen molar-refractivity contribution < 1.29 is 14.7 Å². The Morgan fingerprint density at radius 1 is 1.05 bits per heavy atom. The van der Waals surface area contributed by atoms with Crippen molar-refractivity contribution in [3.63, 3.8) is 0 Å². The van der Waals surface area contributed by atoms with E-state index in [1.54, 1.807) is 30.3 Å². The summed E-state index contributed by atoms with van der Waals surface area (Å²) in [4.78, 5) is 22.8. The minimum Gasteiger partial charge on any atom is -0.478 e. The van der Waals surface area contributed by atoms with Gasteiger partial charge in [-0.15, -0.1) is 0 Å². The van der Waals surface area contributed by atoms with E-state index < -0.39 is 12.0 Å². The molecule has 0 saturated heterocycles. The highest BCUT2D eigenvalue weighted by molar-refractivity contribution is 9.10. The van der Waals surface area contributed by atoms with Crippen molar-refractivity contribution >= 4 is 50.9 Å². The van der Waals surface area contributed by atoms with Crippen LogP contribution in [0, 0.1) is 0 Å². The summed E-state index contributed by atoms with van der Waals surface area (Å²) >= 11 is 9.01. The number of halogens is 2. The van der Waals surface area contributed by atoms with E-state index in [1.165, 1.54) is 12.1 Å². The number of amides is 2. The number of rotatable bonds is 3. The number of aromatic carboxylic acids is 1. The monoisotopic (exact) mass is 368 g/mol. The van der Waals surface area contributed by atoms with Gasteiger partial charge in [-0.25, -0.2) is 9.59 Å². The molecule has 0 aliphatic heterocycles. The molecule has 0 aliphatic rings. The van der Waals surface area contributed by atoms with Gasteiger partial charge in [0.2, 0.25) is 0 Å². The summed E-state index contributed by atoms with van der Waals surface area (Å²) in [5, 5.41) is 14.7. The molecule has 0 fully saturated rings. The van der Waals surface area contributed by atoms with Crippen LogP contribution in [0.4, 0.5) is 16.2 Å². The number of hydrogen-bond donors (Lipinski definition) is 3. The lowest BCUT2D eigenvalue weighted by atomic mass is 10.2. The third-order valence-electron chi connectivity index (χ3n) is 2.56. The van der Waals surface area contributed by atoms with Gasteiger partial charge in [-0.3, -0.25) is 0 Å². The van der Waals surface area contributed by atoms with E-state index in [0.717, 1.165) is 0 Å². The second-order valence-electron chi connectivity index (χ2n) is 4.09. The fraction of sp³-hybridized carbons (Fsp3) is 0. The molecule has 2 aromatic rings. The molecule has 0 atom stereocenters. The molecule has 0 aromatic heterocycles. The standard InChI is InChI=1S/C14H10BrClN2O3/c15-11-6-1-8(13(19)20)7-12(11)18-14(21)17-10-4-2-9(16)3-5-10/h1-7H,(H,19,20)(H2,17,18,21). The maximum absolute atomic E-state index is 11.9. The van der Waals surface area contributed by atoms with E-state index in [-0.39, 0.29) is 5.56 Å². The molecule has 7 heteroatoms. The van der Waals surface area contributed by atoms with Gasteiger partial charge in [0.25, 0.3) is 0 Å². The number of carboxylic acids is 1. The number of nitrogens with one attached hydrogen (secondary N) is 2. The topological polar surface area (TPSA) is 78.4 Å². The zero-order valence-electron chi connectivity index (χ0n) is 10.6. The first kappa shape index (κ1) is 15.3. The van der Waals surface area contributed by atoms with E-state index in [9.17, 15) is 9.59 Å². The molecule has 2 aromatic carbocycles. The van der Waals surface area contributed by atoms with Gasteiger partial charge in [0, 0.05) is 15.2 Å². The fourth-order valence-electron chi connectivity index (χ4n) is 1.57. The number of carboxylic acid groups (broad SMARTS) is 1. The van der Waals surface area contributed by atoms with Gasteiger partial charge in [-0.2, -0.15) is 0 Å². The van der Waals surface area contributed by atoms with Gasteiger partial charge < -0.3 is 15.7 Å². The molecule has 0 saturated carbocycles. The van der Waals surface area contributed by atoms with E-state index in [1.807, 2.05) is 0 Å². The van der Waals surface area contributed by atoms with Gasteiger partial charge in [-0.05, 0) is 58.4 Å². The second kappa shape index (κ2) is 6.60. The molecule has 5 nitrogen and oxygen atoms in total. The van der Waals surface area contributed by atoms with Crippen LogP contribution in [0.2, 0.25) is 5.02 Å². The molecule has 0 spiro atoms. The number of carbonyl (C=O) groups is 2. The molecule has 0 aliphatic carbocycles. The maximum Gasteiger partial charge on any atom is 0.335 e. The molecular weight excluding hydrogens is 360 g/mol. The van der Waals surface area contributed by atoms with Crippen LogP contribution in [-0.4, -0.2) is 17.1 Å². The molecule has 0 radical (unpaired) electrons. The number of urea groups is 1. The first-order valence-electron chi connectivity index (χ1n) is 5.82. The van der Waals surface area contributed by atoms with Gasteiger partial charge in [0.05, 0.1) is 11.3 Å². The molecule has 2 rings (SSSR count). The molecular formula is C14H10BrClN2O3. The highest BCUT2D eigenvalue weighted by atomic mass is 79.9. The van der Waals surface area contributed by atoms with Gasteiger partial charge in [-0.1, -0.05) is 11.6 Å². The molecule has 0 unspecified atom stereocenters. The highest BCUT2D eigenvalue weighted by Crippen LogP contribution is 2.24. The largest absolute Gasteiger partial charge is 0.478 e. The van der Waals surface area contributed by atoms with Gasteiger partial charge in [0.1, 0.15) is 0 Å². The Morgan fingerprint density at radius 2 is 1.71 bits per heavy atom. The summed E-state index contributed by atoms with van der Waals surface area (Å²) < 4.78 is 0.582. The Balaban J connectivity index is 2.10. The summed E-state index contributed by atoms with van der Waals surface area (Å²) in [6.07, 6.45) is 0. The predicted molar refractivity (Wildman–Crippen MR) is 85.2 cm³/mol. The lowest BCUT2D eigenvalue weighted by molar-refractivity contribution is 0.0697. The first-order chi connectivity index (χ1) is 9.95. The summed E-state index contributed by atoms with van der Waals surface area (Å²) in [6.45, 7) is 0. The Morgan fingerprint density at radius 3 is 2.33 bits per heavy atom. The van der Waals surface area contributed by atoms with Crippen molar-refractivity contribution in [1.82, 2.24) is 0 Å². The van der Waals surface area contributed by atoms with Gasteiger partial charge in [0.15, 0.2) is 0 Å². The number of anilines is 2. The van der Waals surface area contributed by atoms with Crippen molar-refractivity contribution in [3.05, 3.63) is 57.5 Å². The highest BCUT2D eigenvalue weighted by Gasteiger charge is 2.10. The summed E-state index contributed by atoms with van der Waals surface area (Å²) in [5.41, 5.74) is 1.02. The third kappa shape index (κ3) is 4.21. The van der Waals surface area contributed by atoms with Crippen molar-refractivity contribution in [3.8, 4) is 0 Å². The lowest BCUT2D eigenvalue weighted by Gasteiger charge is -2.10. The average Bonchev–Trinajstić information content (AvgIpc) is 2.43. The van der Waals surface area contributed by atoms with E-state index in [2.05, 4.69) is 26.6 Å². The maximum atomic E-state index is 11.9. The van der Waals surface area contributed by atoms with Crippen LogP contribution in [0.3, 0.4) is 0 Å². The van der Waals surface area contributed by atoms with Crippen molar-refractivity contribution in [2.45, 2.75) is 0 Å². The quantitative estimate of drug-likeness (QED) is 0.748. The van der Waals surface area contributed by atoms with Crippen LogP contribution in [0.1, 0.15) is 10.4 Å². The van der Waals surface area contributed by atoms with Crippen LogP contribution in [0.25, 0.3) is 0 Å². The van der Waals surface area contributed by atoms with Crippen LogP contribution >= 0.6 is 27.5 Å². The third-order valence-corrected chi connectivity index (χ3v) is 3.51. The Labute approximate surface area is 134 Å². The summed E-state index contributed by atoms with van der Waals surface area (Å²) in [5.74, 6) is -1.07. The Bertz CT molecular complexity index is 689. The normalized spacial score (nSPS) is 10.0. The molecule has 108 valence electrons. The summed E-state index contributed by atoms with van der Waals surface area (Å²) in [6, 6.07) is 10.5. The number of benzene rings is 2. The van der Waals surface area contributed by atoms with Crippen LogP contribution in [0.15, 0.2) is 46.9 Å². The minimum atomic E-state index is -1.07. The molecule has 0 heterocycles. The lowest BCUT2D eigenvalue weighted by Crippen LogP contribution is -2.19. The summed E-state index contributed by atoms with van der Waals surface area (Å²) in [7, 11) is 0. The van der Waals surface area contributed by atoms with Crippen molar-refractivity contribution in [2.75, 3.05) is 10.6 Å². The SMILES string of the molecule is O=C(Nc1ccc(Cl)cc1)Nc1cc(C(=O)O)ccc1Br. The van der Waals surface area contributed by atoms with Gasteiger partial charge >= 0.3 is 12.0 Å². The van der Waals surface area contributed by atoms with E-state index in [0.29, 0.717) is 20.9 Å². The van der Waals surface area contributed by atoms with Crippen molar-refractivity contribution in [2.24, 2.45) is 0 Å². The fourth-order valence-corrected chi connectivity index (χ4v) is 2.04. The molecule has 0 bridgehead atoms. The predicted octanol–water partition coefficient (Wildman–Crippen LogP) is 4.44. The smallest absolute Gasteiger partial charge is 0.335 e. The van der Waals surface area contributed by atoms with Crippen molar-refractivity contribution in [1.29, 1.82) is 0 Å². The minimum absolute atomic E-state index is 0.0833. The van der Waals surface area contributed by atoms with Crippen LogP contribution in [0.5, 0.6) is 0 Å². The van der Waals surface area contributed by atoms with Crippen LogP contribution in [-0.2, 0) is 0 Å². The first-order valence-corrected chi connectivity index (χ1v) is 6.99. The van der Waals surface area contributed by atoms with E-state index >= 15 is 0 Å². The number of carbonyl (C=O) groups excluding carboxylic acids is 1. The van der Waals surface area contributed by atoms with E-state index in [4.69, 9.17) is 16.7 Å². The Hall–Kier alpha value is -2.05. The second-order valence-corrected chi connectivity index (χ2v) is 5.38.